The molecule has 0 spiro atoms. The summed E-state index contributed by atoms with van der Waals surface area (Å²) in [5, 5.41) is 0. The number of nitrogens with two attached hydrogens (primary N) is 1. The summed E-state index contributed by atoms with van der Waals surface area (Å²) in [6.45, 7) is 3.65. The van der Waals surface area contributed by atoms with Gasteiger partial charge in [-0.15, -0.1) is 6.58 Å². The minimum absolute atomic E-state index is 0.323. The molecule has 0 radical (unpaired) electrons. The summed E-state index contributed by atoms with van der Waals surface area (Å²) in [5.41, 5.74) is 5.56. The third-order valence-electron chi connectivity index (χ3n) is 1.77. The third kappa shape index (κ3) is 6.97. The first-order chi connectivity index (χ1) is 6.72. The molecule has 4 heteroatoms. The van der Waals surface area contributed by atoms with Crippen LogP contribution in [-0.4, -0.2) is 30.6 Å². The van der Waals surface area contributed by atoms with E-state index in [4.69, 9.17) is 5.73 Å². The van der Waals surface area contributed by atoms with Crippen LogP contribution in [-0.2, 0) is 9.53 Å². The number of unbranched alkanes of at least 4 members (excludes halogenated alkanes) is 1. The van der Waals surface area contributed by atoms with E-state index in [1.54, 1.807) is 0 Å². The molecule has 3 nitrogen and oxygen atoms in total. The van der Waals surface area contributed by atoms with Gasteiger partial charge in [-0.3, -0.25) is 4.79 Å². The van der Waals surface area contributed by atoms with E-state index in [9.17, 15) is 4.79 Å². The Labute approximate surface area is 90.1 Å². The fraction of sp³-hybridized carbons (Fsp3) is 0.700. The second-order valence-electron chi connectivity index (χ2n) is 2.96. The van der Waals surface area contributed by atoms with Crippen molar-refractivity contribution in [1.29, 1.82) is 0 Å². The van der Waals surface area contributed by atoms with Crippen LogP contribution in [0.15, 0.2) is 12.7 Å². The molecule has 2 N–H and O–H groups in total. The fourth-order valence-corrected chi connectivity index (χ4v) is 1.91. The Kier molecular flexibility index (Phi) is 8.78. The molecular weight excluding hydrogens is 198 g/mol. The number of methoxy groups -OCH3 is 1. The van der Waals surface area contributed by atoms with Gasteiger partial charge in [-0.1, -0.05) is 6.08 Å². The van der Waals surface area contributed by atoms with E-state index in [2.05, 4.69) is 11.3 Å². The fourth-order valence-electron chi connectivity index (χ4n) is 0.911. The molecule has 14 heavy (non-hydrogen) atoms. The van der Waals surface area contributed by atoms with Crippen LogP contribution in [0.25, 0.3) is 0 Å². The van der Waals surface area contributed by atoms with Gasteiger partial charge in [-0.25, -0.2) is 0 Å². The molecule has 0 rings (SSSR count). The molecular formula is C10H19NO2S. The molecule has 0 aromatic rings. The Bertz CT molecular complexity index is 174. The zero-order valence-corrected chi connectivity index (χ0v) is 9.52. The van der Waals surface area contributed by atoms with Gasteiger partial charge in [0, 0.05) is 0 Å². The van der Waals surface area contributed by atoms with E-state index in [-0.39, 0.29) is 5.97 Å². The number of hydrogen-bond acceptors (Lipinski definition) is 4. The topological polar surface area (TPSA) is 52.3 Å². The Morgan fingerprint density at radius 3 is 2.93 bits per heavy atom. The number of allylic oxidation sites excluding steroid dienone is 1. The number of carbonyl (C=O) groups is 1. The normalized spacial score (nSPS) is 12.1. The van der Waals surface area contributed by atoms with Crippen molar-refractivity contribution in [3.8, 4) is 0 Å². The van der Waals surface area contributed by atoms with E-state index < -0.39 is 6.04 Å². The smallest absolute Gasteiger partial charge is 0.322 e. The molecule has 0 aliphatic heterocycles. The summed E-state index contributed by atoms with van der Waals surface area (Å²) in [6.07, 6.45) is 4.80. The van der Waals surface area contributed by atoms with Gasteiger partial charge in [-0.05, 0) is 30.8 Å². The molecule has 0 saturated carbocycles. The van der Waals surface area contributed by atoms with Crippen molar-refractivity contribution in [3.05, 3.63) is 12.7 Å². The predicted octanol–water partition coefficient (Wildman–Crippen LogP) is 1.58. The summed E-state index contributed by atoms with van der Waals surface area (Å²) in [4.78, 5) is 10.9. The Balaban J connectivity index is 3.27. The van der Waals surface area contributed by atoms with E-state index >= 15 is 0 Å². The van der Waals surface area contributed by atoms with Crippen LogP contribution >= 0.6 is 11.8 Å². The van der Waals surface area contributed by atoms with Crippen LogP contribution < -0.4 is 5.73 Å². The molecule has 0 bridgehead atoms. The summed E-state index contributed by atoms with van der Waals surface area (Å²) in [6, 6.07) is -0.466. The van der Waals surface area contributed by atoms with Crippen molar-refractivity contribution in [1.82, 2.24) is 0 Å². The number of thioether (sulfide) groups is 1. The molecule has 0 saturated heterocycles. The van der Waals surface area contributed by atoms with Crippen molar-refractivity contribution in [2.24, 2.45) is 5.73 Å². The van der Waals surface area contributed by atoms with Gasteiger partial charge in [0.15, 0.2) is 0 Å². The number of rotatable bonds is 8. The van der Waals surface area contributed by atoms with Crippen molar-refractivity contribution in [2.45, 2.75) is 25.3 Å². The van der Waals surface area contributed by atoms with Crippen LogP contribution in [0.1, 0.15) is 19.3 Å². The molecule has 0 aromatic carbocycles. The van der Waals surface area contributed by atoms with Crippen molar-refractivity contribution in [3.63, 3.8) is 0 Å². The number of carbonyl (C=O) groups excluding carboxylic acids is 1. The van der Waals surface area contributed by atoms with E-state index in [1.165, 1.54) is 7.11 Å². The lowest BCUT2D eigenvalue weighted by atomic mass is 10.2. The number of hydrogen-bond donors (Lipinski definition) is 1. The summed E-state index contributed by atoms with van der Waals surface area (Å²) in [5.74, 6) is 1.68. The van der Waals surface area contributed by atoms with E-state index in [0.29, 0.717) is 6.42 Å². The first-order valence-electron chi connectivity index (χ1n) is 4.74. The summed E-state index contributed by atoms with van der Waals surface area (Å²) < 4.78 is 4.52. The summed E-state index contributed by atoms with van der Waals surface area (Å²) in [7, 11) is 1.36. The molecule has 1 atom stereocenters. The average molecular weight is 217 g/mol. The standard InChI is InChI=1S/C10H19NO2S/c1-3-4-5-7-14-8-6-9(11)10(12)13-2/h3,9H,1,4-8,11H2,2H3. The van der Waals surface area contributed by atoms with Crippen LogP contribution in [0.4, 0.5) is 0 Å². The molecule has 0 fully saturated rings. The quantitative estimate of drug-likeness (QED) is 0.381. The highest BCUT2D eigenvalue weighted by molar-refractivity contribution is 7.99. The minimum atomic E-state index is -0.466. The Morgan fingerprint density at radius 2 is 2.36 bits per heavy atom. The molecule has 0 aromatic heterocycles. The van der Waals surface area contributed by atoms with Gasteiger partial charge >= 0.3 is 5.97 Å². The van der Waals surface area contributed by atoms with Crippen molar-refractivity contribution < 1.29 is 9.53 Å². The zero-order valence-electron chi connectivity index (χ0n) is 8.70. The van der Waals surface area contributed by atoms with Crippen molar-refractivity contribution in [2.75, 3.05) is 18.6 Å². The highest BCUT2D eigenvalue weighted by atomic mass is 32.2. The maximum atomic E-state index is 10.9. The lowest BCUT2D eigenvalue weighted by Gasteiger charge is -2.07. The summed E-state index contributed by atoms with van der Waals surface area (Å²) >= 11 is 1.81. The van der Waals surface area contributed by atoms with E-state index in [0.717, 1.165) is 24.3 Å². The highest BCUT2D eigenvalue weighted by Gasteiger charge is 2.12. The van der Waals surface area contributed by atoms with E-state index in [1.807, 2.05) is 17.8 Å². The molecule has 0 heterocycles. The molecule has 0 aliphatic rings. The van der Waals surface area contributed by atoms with Crippen LogP contribution in [0.3, 0.4) is 0 Å². The first-order valence-corrected chi connectivity index (χ1v) is 5.90. The van der Waals surface area contributed by atoms with Crippen molar-refractivity contribution >= 4 is 17.7 Å². The third-order valence-corrected chi connectivity index (χ3v) is 2.88. The maximum absolute atomic E-state index is 10.9. The van der Waals surface area contributed by atoms with Gasteiger partial charge in [-0.2, -0.15) is 11.8 Å². The van der Waals surface area contributed by atoms with Gasteiger partial charge in [0.05, 0.1) is 7.11 Å². The van der Waals surface area contributed by atoms with Crippen LogP contribution in [0.5, 0.6) is 0 Å². The second kappa shape index (κ2) is 9.09. The van der Waals surface area contributed by atoms with Gasteiger partial charge < -0.3 is 10.5 Å². The first kappa shape index (κ1) is 13.5. The minimum Gasteiger partial charge on any atom is -0.468 e. The lowest BCUT2D eigenvalue weighted by Crippen LogP contribution is -2.32. The second-order valence-corrected chi connectivity index (χ2v) is 4.19. The Hall–Kier alpha value is -0.480. The average Bonchev–Trinajstić information content (AvgIpc) is 2.21. The zero-order chi connectivity index (χ0) is 10.8. The predicted molar refractivity (Wildman–Crippen MR) is 61.4 cm³/mol. The van der Waals surface area contributed by atoms with Crippen LogP contribution in [0.2, 0.25) is 0 Å². The molecule has 0 amide bonds. The largest absolute Gasteiger partial charge is 0.468 e. The molecule has 0 aliphatic carbocycles. The molecule has 82 valence electrons. The van der Waals surface area contributed by atoms with Gasteiger partial charge in [0.1, 0.15) is 6.04 Å². The highest BCUT2D eigenvalue weighted by Crippen LogP contribution is 2.07. The Morgan fingerprint density at radius 1 is 1.64 bits per heavy atom. The van der Waals surface area contributed by atoms with Gasteiger partial charge in [0.25, 0.3) is 0 Å². The monoisotopic (exact) mass is 217 g/mol. The van der Waals surface area contributed by atoms with Crippen LogP contribution in [0, 0.1) is 0 Å². The lowest BCUT2D eigenvalue weighted by molar-refractivity contribution is -0.142. The molecule has 1 unspecified atom stereocenters. The SMILES string of the molecule is C=CCCCSCCC(N)C(=O)OC. The number of ether oxygens (including phenoxy) is 1. The maximum Gasteiger partial charge on any atom is 0.322 e. The number of esters is 1. The van der Waals surface area contributed by atoms with Gasteiger partial charge in [0.2, 0.25) is 0 Å².